The molecule has 1 aliphatic carbocycles. The van der Waals surface area contributed by atoms with E-state index in [2.05, 4.69) is 10.5 Å². The van der Waals surface area contributed by atoms with E-state index in [-0.39, 0.29) is 28.9 Å². The highest BCUT2D eigenvalue weighted by molar-refractivity contribution is 6.01. The molecule has 0 bridgehead atoms. The summed E-state index contributed by atoms with van der Waals surface area (Å²) in [7, 11) is 0. The number of hydrogen-bond acceptors (Lipinski definition) is 7. The molecule has 2 heterocycles. The number of fused-ring (bicyclic) bond motifs is 1. The maximum atomic E-state index is 13.3. The van der Waals surface area contributed by atoms with Crippen molar-refractivity contribution in [3.63, 3.8) is 0 Å². The van der Waals surface area contributed by atoms with Crippen LogP contribution in [-0.2, 0) is 4.79 Å². The summed E-state index contributed by atoms with van der Waals surface area (Å²) in [4.78, 5) is 13.3. The van der Waals surface area contributed by atoms with Gasteiger partial charge in [-0.2, -0.15) is 0 Å². The molecule has 2 atom stereocenters. The Bertz CT molecular complexity index is 1190. The lowest BCUT2D eigenvalue weighted by Crippen LogP contribution is -2.29. The van der Waals surface area contributed by atoms with Crippen LogP contribution >= 0.6 is 0 Å². The number of carbonyl (C=O) groups excluding carboxylic acids is 1. The predicted octanol–water partition coefficient (Wildman–Crippen LogP) is 4.06. The fourth-order valence-corrected chi connectivity index (χ4v) is 4.51. The summed E-state index contributed by atoms with van der Waals surface area (Å²) in [5.41, 5.74) is 4.49. The number of carbonyl (C=O) groups is 1. The highest BCUT2D eigenvalue weighted by Gasteiger charge is 2.41. The average molecular weight is 404 g/mol. The molecule has 5 rings (SSSR count). The van der Waals surface area contributed by atoms with Crippen molar-refractivity contribution >= 4 is 11.7 Å². The monoisotopic (exact) mass is 404 g/mol. The molecular formula is C23H20N2O5. The Morgan fingerprint density at radius 1 is 1.00 bits per heavy atom. The number of phenolic OH excluding ortho intramolecular Hbond substituents is 3. The van der Waals surface area contributed by atoms with Crippen LogP contribution in [-0.4, -0.2) is 26.3 Å². The first-order valence-electron chi connectivity index (χ1n) is 9.72. The molecule has 4 N–H and O–H groups in total. The van der Waals surface area contributed by atoms with Gasteiger partial charge in [0.25, 0.3) is 0 Å². The van der Waals surface area contributed by atoms with Crippen LogP contribution < -0.4 is 5.32 Å². The normalized spacial score (nSPS) is 20.5. The highest BCUT2D eigenvalue weighted by Crippen LogP contribution is 2.49. The third-order valence-corrected chi connectivity index (χ3v) is 5.96. The van der Waals surface area contributed by atoms with Crippen molar-refractivity contribution in [2.24, 2.45) is 0 Å². The number of aromatic nitrogens is 1. The van der Waals surface area contributed by atoms with Gasteiger partial charge in [0.05, 0.1) is 11.3 Å². The zero-order valence-electron chi connectivity index (χ0n) is 16.2. The van der Waals surface area contributed by atoms with Gasteiger partial charge in [-0.3, -0.25) is 4.79 Å². The number of Topliss-reactive ketones (excluding diaryl/α,β-unsaturated/α-hetero) is 1. The van der Waals surface area contributed by atoms with Gasteiger partial charge >= 0.3 is 0 Å². The third kappa shape index (κ3) is 2.82. The minimum Gasteiger partial charge on any atom is -0.508 e. The van der Waals surface area contributed by atoms with Crippen LogP contribution in [0.2, 0.25) is 0 Å². The standard InChI is InChI=1S/C23H20N2O5/c1-11-20-21(13-4-7-17(27)18(28)9-13)22-16(24-23(20)30-25-11)8-14(10-19(22)29)12-2-5-15(26)6-3-12/h2-7,9,14,21,24,26-28H,8,10H2,1H3. The van der Waals surface area contributed by atoms with Gasteiger partial charge in [-0.25, -0.2) is 0 Å². The number of aromatic hydroxyl groups is 3. The molecule has 3 aromatic rings. The predicted molar refractivity (Wildman–Crippen MR) is 109 cm³/mol. The Kier molecular flexibility index (Phi) is 4.06. The summed E-state index contributed by atoms with van der Waals surface area (Å²) < 4.78 is 5.48. The van der Waals surface area contributed by atoms with E-state index >= 15 is 0 Å². The van der Waals surface area contributed by atoms with Gasteiger partial charge in [0.15, 0.2) is 17.3 Å². The second-order valence-corrected chi connectivity index (χ2v) is 7.83. The lowest BCUT2D eigenvalue weighted by atomic mass is 9.72. The van der Waals surface area contributed by atoms with E-state index in [0.717, 1.165) is 16.8 Å². The fourth-order valence-electron chi connectivity index (χ4n) is 4.51. The molecule has 1 aromatic heterocycles. The van der Waals surface area contributed by atoms with E-state index in [9.17, 15) is 20.1 Å². The largest absolute Gasteiger partial charge is 0.508 e. The average Bonchev–Trinajstić information content (AvgIpc) is 3.09. The van der Waals surface area contributed by atoms with Gasteiger partial charge in [-0.05, 0) is 54.7 Å². The first kappa shape index (κ1) is 18.3. The van der Waals surface area contributed by atoms with E-state index < -0.39 is 5.92 Å². The molecule has 2 aromatic carbocycles. The number of hydrogen-bond donors (Lipinski definition) is 4. The fraction of sp³-hybridized carbons (Fsp3) is 0.217. The second-order valence-electron chi connectivity index (χ2n) is 7.83. The van der Waals surface area contributed by atoms with E-state index in [1.54, 1.807) is 18.2 Å². The van der Waals surface area contributed by atoms with Crippen LogP contribution in [0.4, 0.5) is 5.88 Å². The van der Waals surface area contributed by atoms with Crippen LogP contribution in [0.1, 0.15) is 47.1 Å². The maximum Gasteiger partial charge on any atom is 0.233 e. The van der Waals surface area contributed by atoms with Crippen LogP contribution in [0.3, 0.4) is 0 Å². The number of nitrogens with zero attached hydrogens (tertiary/aromatic N) is 1. The lowest BCUT2D eigenvalue weighted by molar-refractivity contribution is -0.116. The molecule has 2 unspecified atom stereocenters. The third-order valence-electron chi connectivity index (χ3n) is 5.96. The molecule has 7 heteroatoms. The number of nitrogens with one attached hydrogen (secondary N) is 1. The Morgan fingerprint density at radius 3 is 2.47 bits per heavy atom. The van der Waals surface area contributed by atoms with E-state index in [1.165, 1.54) is 12.1 Å². The van der Waals surface area contributed by atoms with Gasteiger partial charge in [0.1, 0.15) is 5.75 Å². The van der Waals surface area contributed by atoms with Gasteiger partial charge in [-0.15, -0.1) is 0 Å². The van der Waals surface area contributed by atoms with Gasteiger partial charge < -0.3 is 25.2 Å². The number of rotatable bonds is 2. The topological polar surface area (TPSA) is 116 Å². The van der Waals surface area contributed by atoms with Crippen molar-refractivity contribution in [3.05, 3.63) is 76.1 Å². The van der Waals surface area contributed by atoms with E-state index in [1.807, 2.05) is 19.1 Å². The van der Waals surface area contributed by atoms with Crippen molar-refractivity contribution in [3.8, 4) is 17.2 Å². The Hall–Kier alpha value is -3.74. The van der Waals surface area contributed by atoms with Crippen LogP contribution in [0.5, 0.6) is 17.2 Å². The van der Waals surface area contributed by atoms with Crippen LogP contribution in [0, 0.1) is 6.92 Å². The molecule has 0 saturated carbocycles. The molecule has 152 valence electrons. The van der Waals surface area contributed by atoms with Gasteiger partial charge in [0, 0.05) is 23.6 Å². The van der Waals surface area contributed by atoms with Crippen LogP contribution in [0.15, 0.2) is 58.3 Å². The maximum absolute atomic E-state index is 13.3. The number of ketones is 1. The number of aryl methyl sites for hydroxylation is 1. The number of anilines is 1. The van der Waals surface area contributed by atoms with Crippen molar-refractivity contribution < 1.29 is 24.6 Å². The number of benzene rings is 2. The minimum absolute atomic E-state index is 0.00522. The lowest BCUT2D eigenvalue weighted by Gasteiger charge is -2.34. The quantitative estimate of drug-likeness (QED) is 0.476. The summed E-state index contributed by atoms with van der Waals surface area (Å²) in [6.45, 7) is 1.81. The second kappa shape index (κ2) is 6.66. The van der Waals surface area contributed by atoms with Crippen molar-refractivity contribution in [2.45, 2.75) is 31.6 Å². The molecule has 0 saturated heterocycles. The molecule has 0 amide bonds. The molecule has 0 radical (unpaired) electrons. The Balaban J connectivity index is 1.62. The summed E-state index contributed by atoms with van der Waals surface area (Å²) in [5.74, 6) is -0.245. The smallest absolute Gasteiger partial charge is 0.233 e. The molecule has 0 fully saturated rings. The first-order valence-corrected chi connectivity index (χ1v) is 9.72. The molecule has 2 aliphatic rings. The van der Waals surface area contributed by atoms with Crippen LogP contribution in [0.25, 0.3) is 0 Å². The summed E-state index contributed by atoms with van der Waals surface area (Å²) in [5, 5.41) is 36.7. The SMILES string of the molecule is Cc1noc2c1C(c1ccc(O)c(O)c1)C1=C(CC(c3ccc(O)cc3)CC1=O)N2. The Labute approximate surface area is 172 Å². The molecule has 7 nitrogen and oxygen atoms in total. The first-order chi connectivity index (χ1) is 14.4. The van der Waals surface area contributed by atoms with Gasteiger partial charge in [-0.1, -0.05) is 23.4 Å². The van der Waals surface area contributed by atoms with E-state index in [0.29, 0.717) is 35.6 Å². The summed E-state index contributed by atoms with van der Waals surface area (Å²) >= 11 is 0. The van der Waals surface area contributed by atoms with Crippen molar-refractivity contribution in [1.82, 2.24) is 5.16 Å². The van der Waals surface area contributed by atoms with Crippen molar-refractivity contribution in [2.75, 3.05) is 5.32 Å². The van der Waals surface area contributed by atoms with Gasteiger partial charge in [0.2, 0.25) is 5.88 Å². The minimum atomic E-state index is -0.442. The summed E-state index contributed by atoms with van der Waals surface area (Å²) in [6, 6.07) is 11.5. The van der Waals surface area contributed by atoms with Crippen molar-refractivity contribution in [1.29, 1.82) is 0 Å². The zero-order chi connectivity index (χ0) is 21.0. The number of phenols is 3. The van der Waals surface area contributed by atoms with E-state index in [4.69, 9.17) is 4.52 Å². The Morgan fingerprint density at radius 2 is 1.73 bits per heavy atom. The summed E-state index contributed by atoms with van der Waals surface area (Å²) in [6.07, 6.45) is 0.942. The molecule has 1 aliphatic heterocycles. The highest BCUT2D eigenvalue weighted by atomic mass is 16.5. The zero-order valence-corrected chi connectivity index (χ0v) is 16.2. The molecule has 30 heavy (non-hydrogen) atoms. The molecular weight excluding hydrogens is 384 g/mol. The molecule has 0 spiro atoms. The number of allylic oxidation sites excluding steroid dienone is 2.